The van der Waals surface area contributed by atoms with Gasteiger partial charge < -0.3 is 9.88 Å². The quantitative estimate of drug-likeness (QED) is 0.564. The Labute approximate surface area is 163 Å². The molecule has 0 unspecified atom stereocenters. The van der Waals surface area contributed by atoms with Crippen molar-refractivity contribution in [2.45, 2.75) is 10.1 Å². The zero-order chi connectivity index (χ0) is 18.8. The molecule has 27 heavy (non-hydrogen) atoms. The van der Waals surface area contributed by atoms with Crippen LogP contribution in [0.25, 0.3) is 11.0 Å². The van der Waals surface area contributed by atoms with Gasteiger partial charge in [0.1, 0.15) is 12.0 Å². The first-order valence-corrected chi connectivity index (χ1v) is 9.14. The molecule has 4 aromatic rings. The smallest absolute Gasteiger partial charge is 0.275 e. The Hall–Kier alpha value is -2.97. The van der Waals surface area contributed by atoms with Crippen LogP contribution in [0.15, 0.2) is 65.0 Å². The fraction of sp³-hybridized carbons (Fsp3) is 0.0556. The standard InChI is InChI=1S/C18H13ClN6OS/c1-25-10-21-24-18(25)27-16-7-6-11(19)8-14(16)23-17(26)15-9-20-12-4-2-3-5-13(12)22-15/h2-10H,1H3,(H,23,26). The highest BCUT2D eigenvalue weighted by molar-refractivity contribution is 7.99. The zero-order valence-electron chi connectivity index (χ0n) is 14.1. The maximum absolute atomic E-state index is 12.7. The van der Waals surface area contributed by atoms with Crippen LogP contribution in [0.4, 0.5) is 5.69 Å². The number of fused-ring (bicyclic) bond motifs is 1. The van der Waals surface area contributed by atoms with Gasteiger partial charge >= 0.3 is 0 Å². The molecule has 9 heteroatoms. The summed E-state index contributed by atoms with van der Waals surface area (Å²) in [5.41, 5.74) is 2.18. The lowest BCUT2D eigenvalue weighted by molar-refractivity contribution is 0.102. The lowest BCUT2D eigenvalue weighted by Crippen LogP contribution is -2.14. The van der Waals surface area contributed by atoms with Gasteiger partial charge in [0.2, 0.25) is 0 Å². The van der Waals surface area contributed by atoms with Crippen LogP contribution < -0.4 is 5.32 Å². The van der Waals surface area contributed by atoms with E-state index in [1.807, 2.05) is 37.4 Å². The van der Waals surface area contributed by atoms with Crippen molar-refractivity contribution in [2.24, 2.45) is 7.05 Å². The van der Waals surface area contributed by atoms with Crippen molar-refractivity contribution >= 4 is 46.0 Å². The van der Waals surface area contributed by atoms with Gasteiger partial charge in [-0.2, -0.15) is 0 Å². The molecule has 0 aliphatic carbocycles. The van der Waals surface area contributed by atoms with Crippen LogP contribution in [0.3, 0.4) is 0 Å². The van der Waals surface area contributed by atoms with E-state index in [1.54, 1.807) is 23.0 Å². The Kier molecular flexibility index (Phi) is 4.74. The summed E-state index contributed by atoms with van der Waals surface area (Å²) in [5, 5.41) is 12.0. The second kappa shape index (κ2) is 7.34. The van der Waals surface area contributed by atoms with Crippen LogP contribution in [-0.4, -0.2) is 30.6 Å². The maximum atomic E-state index is 12.7. The van der Waals surface area contributed by atoms with Gasteiger partial charge in [0, 0.05) is 17.0 Å². The average Bonchev–Trinajstić information content (AvgIpc) is 3.08. The van der Waals surface area contributed by atoms with Crippen molar-refractivity contribution in [2.75, 3.05) is 5.32 Å². The molecule has 0 atom stereocenters. The first kappa shape index (κ1) is 17.4. The second-order valence-corrected chi connectivity index (χ2v) is 7.11. The molecule has 2 aromatic heterocycles. The average molecular weight is 397 g/mol. The summed E-state index contributed by atoms with van der Waals surface area (Å²) in [5.74, 6) is -0.365. The third kappa shape index (κ3) is 3.76. The third-order valence-corrected chi connectivity index (χ3v) is 5.11. The molecule has 7 nitrogen and oxygen atoms in total. The summed E-state index contributed by atoms with van der Waals surface area (Å²) >= 11 is 7.49. The summed E-state index contributed by atoms with van der Waals surface area (Å²) in [6.45, 7) is 0. The molecule has 2 aromatic carbocycles. The van der Waals surface area contributed by atoms with Gasteiger partial charge in [-0.15, -0.1) is 10.2 Å². The van der Waals surface area contributed by atoms with Crippen LogP contribution in [0.1, 0.15) is 10.5 Å². The predicted molar refractivity (Wildman–Crippen MR) is 104 cm³/mol. The highest BCUT2D eigenvalue weighted by Crippen LogP contribution is 2.34. The Bertz CT molecular complexity index is 1150. The van der Waals surface area contributed by atoms with Crippen LogP contribution in [-0.2, 0) is 7.05 Å². The topological polar surface area (TPSA) is 85.6 Å². The fourth-order valence-electron chi connectivity index (χ4n) is 2.41. The third-order valence-electron chi connectivity index (χ3n) is 3.74. The number of aryl methyl sites for hydroxylation is 1. The molecule has 0 saturated carbocycles. The molecular weight excluding hydrogens is 384 g/mol. The van der Waals surface area contributed by atoms with Crippen molar-refractivity contribution in [3.63, 3.8) is 0 Å². The van der Waals surface area contributed by atoms with Gasteiger partial charge in [-0.25, -0.2) is 4.98 Å². The van der Waals surface area contributed by atoms with E-state index in [-0.39, 0.29) is 11.6 Å². The number of hydrogen-bond donors (Lipinski definition) is 1. The van der Waals surface area contributed by atoms with E-state index < -0.39 is 0 Å². The van der Waals surface area contributed by atoms with Gasteiger partial charge in [0.25, 0.3) is 5.91 Å². The number of halogens is 1. The Morgan fingerprint density at radius 1 is 1.19 bits per heavy atom. The maximum Gasteiger partial charge on any atom is 0.275 e. The monoisotopic (exact) mass is 396 g/mol. The van der Waals surface area contributed by atoms with E-state index >= 15 is 0 Å². The highest BCUT2D eigenvalue weighted by Gasteiger charge is 2.14. The summed E-state index contributed by atoms with van der Waals surface area (Å²) in [6, 6.07) is 12.6. The fourth-order valence-corrected chi connectivity index (χ4v) is 3.41. The largest absolute Gasteiger partial charge is 0.319 e. The van der Waals surface area contributed by atoms with E-state index in [0.717, 1.165) is 10.4 Å². The van der Waals surface area contributed by atoms with Crippen molar-refractivity contribution in [1.82, 2.24) is 24.7 Å². The lowest BCUT2D eigenvalue weighted by Gasteiger charge is -2.11. The number of anilines is 1. The molecule has 1 N–H and O–H groups in total. The predicted octanol–water partition coefficient (Wildman–Crippen LogP) is 3.82. The number of hydrogen-bond acceptors (Lipinski definition) is 6. The number of benzene rings is 2. The minimum Gasteiger partial charge on any atom is -0.319 e. The number of nitrogens with one attached hydrogen (secondary N) is 1. The molecule has 0 fully saturated rings. The first-order valence-electron chi connectivity index (χ1n) is 7.95. The molecule has 1 amide bonds. The van der Waals surface area contributed by atoms with Crippen LogP contribution in [0.2, 0.25) is 5.02 Å². The number of amides is 1. The molecule has 4 rings (SSSR count). The van der Waals surface area contributed by atoms with E-state index in [1.165, 1.54) is 18.0 Å². The van der Waals surface area contributed by atoms with E-state index in [9.17, 15) is 4.79 Å². The molecule has 2 heterocycles. The Morgan fingerprint density at radius 3 is 2.78 bits per heavy atom. The number of para-hydroxylation sites is 2. The number of aromatic nitrogens is 5. The molecule has 0 aliphatic rings. The van der Waals surface area contributed by atoms with Crippen LogP contribution in [0.5, 0.6) is 0 Å². The molecule has 134 valence electrons. The number of nitrogens with zero attached hydrogens (tertiary/aromatic N) is 5. The van der Waals surface area contributed by atoms with Gasteiger partial charge in [0.15, 0.2) is 5.16 Å². The molecular formula is C18H13ClN6OS. The van der Waals surface area contributed by atoms with Crippen molar-refractivity contribution in [1.29, 1.82) is 0 Å². The number of rotatable bonds is 4. The first-order chi connectivity index (χ1) is 13.1. The number of carbonyl (C=O) groups is 1. The van der Waals surface area contributed by atoms with Gasteiger partial charge in [-0.1, -0.05) is 23.7 Å². The molecule has 0 radical (unpaired) electrons. The molecule has 0 spiro atoms. The van der Waals surface area contributed by atoms with Crippen molar-refractivity contribution in [3.05, 3.63) is 65.7 Å². The zero-order valence-corrected chi connectivity index (χ0v) is 15.7. The minimum atomic E-state index is -0.365. The summed E-state index contributed by atoms with van der Waals surface area (Å²) in [6.07, 6.45) is 3.07. The highest BCUT2D eigenvalue weighted by atomic mass is 35.5. The normalized spacial score (nSPS) is 10.9. The van der Waals surface area contributed by atoms with Gasteiger partial charge in [-0.3, -0.25) is 9.78 Å². The van der Waals surface area contributed by atoms with Crippen molar-refractivity contribution < 1.29 is 4.79 Å². The lowest BCUT2D eigenvalue weighted by atomic mass is 10.2. The molecule has 0 bridgehead atoms. The summed E-state index contributed by atoms with van der Waals surface area (Å²) in [7, 11) is 1.85. The number of carbonyl (C=O) groups excluding carboxylic acids is 1. The summed E-state index contributed by atoms with van der Waals surface area (Å²) < 4.78 is 1.79. The Balaban J connectivity index is 1.63. The second-order valence-electron chi connectivity index (χ2n) is 5.67. The van der Waals surface area contributed by atoms with Gasteiger partial charge in [-0.05, 0) is 42.1 Å². The minimum absolute atomic E-state index is 0.225. The van der Waals surface area contributed by atoms with Crippen molar-refractivity contribution in [3.8, 4) is 0 Å². The van der Waals surface area contributed by atoms with Gasteiger partial charge in [0.05, 0.1) is 22.9 Å². The Morgan fingerprint density at radius 2 is 2.00 bits per heavy atom. The SMILES string of the molecule is Cn1cnnc1Sc1ccc(Cl)cc1NC(=O)c1cnc2ccccc2n1. The van der Waals surface area contributed by atoms with Crippen LogP contribution >= 0.6 is 23.4 Å². The molecule has 0 saturated heterocycles. The van der Waals surface area contributed by atoms with E-state index in [4.69, 9.17) is 11.6 Å². The molecule has 0 aliphatic heterocycles. The van der Waals surface area contributed by atoms with E-state index in [2.05, 4.69) is 25.5 Å². The van der Waals surface area contributed by atoms with E-state index in [0.29, 0.717) is 21.4 Å². The van der Waals surface area contributed by atoms with Crippen LogP contribution in [0, 0.1) is 0 Å². The summed E-state index contributed by atoms with van der Waals surface area (Å²) in [4.78, 5) is 22.1.